The van der Waals surface area contributed by atoms with Crippen LogP contribution >= 0.6 is 0 Å². The van der Waals surface area contributed by atoms with Crippen molar-refractivity contribution in [2.75, 3.05) is 20.3 Å². The predicted molar refractivity (Wildman–Crippen MR) is 81.7 cm³/mol. The molecule has 6 nitrogen and oxygen atoms in total. The first-order valence-corrected chi connectivity index (χ1v) is 7.33. The highest BCUT2D eigenvalue weighted by atomic mass is 16.5. The molecule has 6 heteroatoms. The van der Waals surface area contributed by atoms with Crippen LogP contribution in [-0.2, 0) is 4.74 Å². The number of hydrogen-bond donors (Lipinski definition) is 1. The van der Waals surface area contributed by atoms with Crippen LogP contribution in [0.4, 0.5) is 4.79 Å². The average molecular weight is 301 g/mol. The molecule has 1 aromatic heterocycles. The van der Waals surface area contributed by atoms with Crippen molar-refractivity contribution in [2.24, 2.45) is 0 Å². The molecule has 0 radical (unpaired) electrons. The van der Waals surface area contributed by atoms with Gasteiger partial charge in [0.1, 0.15) is 12.1 Å². The first-order chi connectivity index (χ1) is 10.6. The molecule has 1 saturated heterocycles. The van der Waals surface area contributed by atoms with Gasteiger partial charge in [-0.15, -0.1) is 0 Å². The molecule has 0 saturated carbocycles. The van der Waals surface area contributed by atoms with Crippen molar-refractivity contribution in [3.05, 3.63) is 36.8 Å². The fraction of sp³-hybridized carbons (Fsp3) is 0.375. The molecule has 1 amide bonds. The Balaban J connectivity index is 1.75. The molecule has 0 spiro atoms. The number of amides is 1. The van der Waals surface area contributed by atoms with Gasteiger partial charge in [0, 0.05) is 38.1 Å². The van der Waals surface area contributed by atoms with Gasteiger partial charge in [-0.1, -0.05) is 0 Å². The van der Waals surface area contributed by atoms with Gasteiger partial charge in [0.05, 0.1) is 5.69 Å². The number of carbonyl (C=O) groups is 1. The lowest BCUT2D eigenvalue weighted by atomic mass is 10.1. The Kier molecular flexibility index (Phi) is 4.11. The molecule has 116 valence electrons. The van der Waals surface area contributed by atoms with Gasteiger partial charge >= 0.3 is 6.03 Å². The first-order valence-electron chi connectivity index (χ1n) is 7.33. The minimum absolute atomic E-state index is 0.0931. The summed E-state index contributed by atoms with van der Waals surface area (Å²) in [4.78, 5) is 18.5. The smallest absolute Gasteiger partial charge is 0.329 e. The lowest BCUT2D eigenvalue weighted by Gasteiger charge is -2.30. The second kappa shape index (κ2) is 6.19. The Bertz CT molecular complexity index is 645. The second-order valence-electron chi connectivity index (χ2n) is 5.45. The van der Waals surface area contributed by atoms with Crippen molar-refractivity contribution in [3.63, 3.8) is 0 Å². The van der Waals surface area contributed by atoms with Crippen LogP contribution < -0.4 is 0 Å². The Morgan fingerprint density at radius 2 is 2.00 bits per heavy atom. The topological polar surface area (TPSA) is 67.6 Å². The van der Waals surface area contributed by atoms with E-state index in [0.29, 0.717) is 18.9 Å². The normalized spacial score (nSPS) is 15.7. The van der Waals surface area contributed by atoms with Crippen LogP contribution in [0.3, 0.4) is 0 Å². The number of imidazole rings is 1. The number of carbonyl (C=O) groups excluding carboxylic acids is 1. The number of benzene rings is 1. The summed E-state index contributed by atoms with van der Waals surface area (Å²) < 4.78 is 6.83. The van der Waals surface area contributed by atoms with Crippen molar-refractivity contribution < 1.29 is 14.6 Å². The molecule has 3 rings (SSSR count). The molecule has 0 unspecified atom stereocenters. The number of phenolic OH excluding ortho intramolecular Hbond substituents is 1. The summed E-state index contributed by atoms with van der Waals surface area (Å²) in [5.74, 6) is 0.207. The lowest BCUT2D eigenvalue weighted by Crippen LogP contribution is -2.42. The van der Waals surface area contributed by atoms with Crippen molar-refractivity contribution in [1.82, 2.24) is 14.5 Å². The molecule has 0 aliphatic carbocycles. The predicted octanol–water partition coefficient (Wildman–Crippen LogP) is 2.33. The molecule has 1 aliphatic heterocycles. The Morgan fingerprint density at radius 3 is 2.68 bits per heavy atom. The van der Waals surface area contributed by atoms with Crippen LogP contribution in [-0.4, -0.2) is 51.9 Å². The third kappa shape index (κ3) is 2.96. The van der Waals surface area contributed by atoms with Gasteiger partial charge in [-0.3, -0.25) is 4.57 Å². The maximum absolute atomic E-state index is 12.5. The monoisotopic (exact) mass is 301 g/mol. The van der Waals surface area contributed by atoms with Crippen LogP contribution in [0.25, 0.3) is 11.3 Å². The number of aromatic hydroxyl groups is 1. The Labute approximate surface area is 129 Å². The van der Waals surface area contributed by atoms with Crippen molar-refractivity contribution in [1.29, 1.82) is 0 Å². The van der Waals surface area contributed by atoms with E-state index in [0.717, 1.165) is 18.4 Å². The van der Waals surface area contributed by atoms with Crippen LogP contribution in [0.15, 0.2) is 36.8 Å². The fourth-order valence-electron chi connectivity index (χ4n) is 2.62. The third-order valence-corrected chi connectivity index (χ3v) is 4.01. The summed E-state index contributed by atoms with van der Waals surface area (Å²) >= 11 is 0. The summed E-state index contributed by atoms with van der Waals surface area (Å²) in [7, 11) is 1.82. The van der Waals surface area contributed by atoms with E-state index in [2.05, 4.69) is 4.98 Å². The van der Waals surface area contributed by atoms with E-state index < -0.39 is 0 Å². The third-order valence-electron chi connectivity index (χ3n) is 4.01. The van der Waals surface area contributed by atoms with Gasteiger partial charge < -0.3 is 14.7 Å². The van der Waals surface area contributed by atoms with E-state index in [4.69, 9.17) is 4.74 Å². The second-order valence-corrected chi connectivity index (χ2v) is 5.45. The minimum atomic E-state index is -0.0931. The van der Waals surface area contributed by atoms with Crippen molar-refractivity contribution >= 4 is 6.03 Å². The zero-order chi connectivity index (χ0) is 15.5. The molecule has 0 atom stereocenters. The highest BCUT2D eigenvalue weighted by Gasteiger charge is 2.23. The Hall–Kier alpha value is -2.34. The van der Waals surface area contributed by atoms with Gasteiger partial charge in [-0.25, -0.2) is 9.78 Å². The highest BCUT2D eigenvalue weighted by molar-refractivity contribution is 5.78. The molecule has 1 fully saturated rings. The summed E-state index contributed by atoms with van der Waals surface area (Å²) in [6.45, 7) is 1.40. The van der Waals surface area contributed by atoms with Gasteiger partial charge in [0.15, 0.2) is 0 Å². The number of aromatic nitrogens is 2. The molecule has 2 aromatic rings. The summed E-state index contributed by atoms with van der Waals surface area (Å²) in [6.07, 6.45) is 4.97. The van der Waals surface area contributed by atoms with Gasteiger partial charge in [-0.2, -0.15) is 0 Å². The minimum Gasteiger partial charge on any atom is -0.508 e. The zero-order valence-corrected chi connectivity index (χ0v) is 12.5. The molecule has 1 N–H and O–H groups in total. The molecule has 1 aliphatic rings. The summed E-state index contributed by atoms with van der Waals surface area (Å²) in [5, 5.41) is 9.32. The number of rotatable bonds is 2. The van der Waals surface area contributed by atoms with E-state index >= 15 is 0 Å². The van der Waals surface area contributed by atoms with Crippen molar-refractivity contribution in [3.8, 4) is 17.0 Å². The SMILES string of the molecule is CN(C(=O)n1cnc(-c2ccc(O)cc2)c1)C1CCOCC1. The van der Waals surface area contributed by atoms with Crippen LogP contribution in [0, 0.1) is 0 Å². The number of hydrogen-bond acceptors (Lipinski definition) is 4. The van der Waals surface area contributed by atoms with Crippen LogP contribution in [0.2, 0.25) is 0 Å². The van der Waals surface area contributed by atoms with E-state index in [1.807, 2.05) is 7.05 Å². The quantitative estimate of drug-likeness (QED) is 0.924. The van der Waals surface area contributed by atoms with E-state index in [9.17, 15) is 9.90 Å². The van der Waals surface area contributed by atoms with E-state index in [1.165, 1.54) is 10.9 Å². The highest BCUT2D eigenvalue weighted by Crippen LogP contribution is 2.20. The number of phenols is 1. The summed E-state index contributed by atoms with van der Waals surface area (Å²) in [5.41, 5.74) is 1.56. The van der Waals surface area contributed by atoms with Gasteiger partial charge in [0.25, 0.3) is 0 Å². The van der Waals surface area contributed by atoms with Crippen molar-refractivity contribution in [2.45, 2.75) is 18.9 Å². The molecule has 22 heavy (non-hydrogen) atoms. The first kappa shape index (κ1) is 14.6. The molecular weight excluding hydrogens is 282 g/mol. The zero-order valence-electron chi connectivity index (χ0n) is 12.5. The van der Waals surface area contributed by atoms with Gasteiger partial charge in [0.2, 0.25) is 0 Å². The maximum Gasteiger partial charge on any atom is 0.329 e. The Morgan fingerprint density at radius 1 is 1.32 bits per heavy atom. The molecular formula is C16H19N3O3. The molecule has 2 heterocycles. The molecule has 0 bridgehead atoms. The number of nitrogens with zero attached hydrogens (tertiary/aromatic N) is 3. The largest absolute Gasteiger partial charge is 0.508 e. The molecule has 1 aromatic carbocycles. The fourth-order valence-corrected chi connectivity index (χ4v) is 2.62. The average Bonchev–Trinajstić information content (AvgIpc) is 3.05. The maximum atomic E-state index is 12.5. The van der Waals surface area contributed by atoms with Gasteiger partial charge in [-0.05, 0) is 37.1 Å². The summed E-state index contributed by atoms with van der Waals surface area (Å²) in [6, 6.07) is 6.86. The van der Waals surface area contributed by atoms with Crippen LogP contribution in [0.5, 0.6) is 5.75 Å². The standard InChI is InChI=1S/C16H19N3O3/c1-18(13-6-8-22-9-7-13)16(21)19-10-15(17-11-19)12-2-4-14(20)5-3-12/h2-5,10-11,13,20H,6-9H2,1H3. The van der Waals surface area contributed by atoms with Crippen LogP contribution in [0.1, 0.15) is 12.8 Å². The van der Waals surface area contributed by atoms with E-state index in [-0.39, 0.29) is 17.8 Å². The van der Waals surface area contributed by atoms with E-state index in [1.54, 1.807) is 35.4 Å². The number of ether oxygens (including phenoxy) is 1. The lowest BCUT2D eigenvalue weighted by molar-refractivity contribution is 0.0528.